The first-order chi connectivity index (χ1) is 10.8. The lowest BCUT2D eigenvalue weighted by Gasteiger charge is -2.13. The van der Waals surface area contributed by atoms with Gasteiger partial charge in [-0.2, -0.15) is 18.3 Å². The average Bonchev–Trinajstić information content (AvgIpc) is 3.23. The quantitative estimate of drug-likeness (QED) is 0.862. The summed E-state index contributed by atoms with van der Waals surface area (Å²) in [7, 11) is 0. The van der Waals surface area contributed by atoms with Gasteiger partial charge in [-0.3, -0.25) is 9.48 Å². The van der Waals surface area contributed by atoms with E-state index in [0.29, 0.717) is 11.6 Å². The minimum absolute atomic E-state index is 0.0959. The maximum atomic E-state index is 13.3. The summed E-state index contributed by atoms with van der Waals surface area (Å²) in [6.45, 7) is 0. The van der Waals surface area contributed by atoms with Crippen LogP contribution in [-0.4, -0.2) is 21.9 Å². The number of halogens is 4. The molecule has 1 fully saturated rings. The predicted molar refractivity (Wildman–Crippen MR) is 74.8 cm³/mol. The Morgan fingerprint density at radius 1 is 1.35 bits per heavy atom. The molecule has 1 heterocycles. The second-order valence-corrected chi connectivity index (χ2v) is 5.42. The molecule has 2 aromatic rings. The largest absolute Gasteiger partial charge is 0.423 e. The van der Waals surface area contributed by atoms with E-state index in [0.717, 1.165) is 25.0 Å². The van der Waals surface area contributed by atoms with Gasteiger partial charge in [0.15, 0.2) is 0 Å². The van der Waals surface area contributed by atoms with Gasteiger partial charge in [-0.1, -0.05) is 12.1 Å². The van der Waals surface area contributed by atoms with Crippen LogP contribution in [0.2, 0.25) is 0 Å². The molecule has 23 heavy (non-hydrogen) atoms. The fourth-order valence-electron chi connectivity index (χ4n) is 2.16. The maximum absolute atomic E-state index is 13.3. The summed E-state index contributed by atoms with van der Waals surface area (Å²) in [5.74, 6) is -0.503. The molecule has 0 saturated heterocycles. The molecule has 1 aromatic heterocycles. The van der Waals surface area contributed by atoms with Crippen LogP contribution in [0.25, 0.3) is 0 Å². The number of aromatic nitrogens is 2. The fourth-order valence-corrected chi connectivity index (χ4v) is 2.16. The third-order valence-electron chi connectivity index (χ3n) is 3.51. The molecule has 4 nitrogen and oxygen atoms in total. The number of nitrogens with one attached hydrogen (secondary N) is 1. The summed E-state index contributed by atoms with van der Waals surface area (Å²) in [6, 6.07) is 4.98. The number of hydrogen-bond acceptors (Lipinski definition) is 2. The molecule has 1 aliphatic rings. The SMILES string of the molecule is O=C(Nc1cccc(C(F)C(F)(F)F)c1)c1cnn(C2CC2)c1. The molecular formula is C15H13F4N3O. The van der Waals surface area contributed by atoms with E-state index in [2.05, 4.69) is 10.4 Å². The topological polar surface area (TPSA) is 46.9 Å². The highest BCUT2D eigenvalue weighted by atomic mass is 19.4. The normalized spacial score (nSPS) is 16.2. The number of nitrogens with zero attached hydrogens (tertiary/aromatic N) is 2. The van der Waals surface area contributed by atoms with E-state index in [1.54, 1.807) is 10.9 Å². The van der Waals surface area contributed by atoms with E-state index < -0.39 is 23.8 Å². The van der Waals surface area contributed by atoms with E-state index in [1.807, 2.05) is 0 Å². The summed E-state index contributed by atoms with van der Waals surface area (Å²) in [4.78, 5) is 12.1. The maximum Gasteiger partial charge on any atom is 0.423 e. The van der Waals surface area contributed by atoms with Gasteiger partial charge in [-0.05, 0) is 30.5 Å². The fraction of sp³-hybridized carbons (Fsp3) is 0.333. The van der Waals surface area contributed by atoms with Gasteiger partial charge < -0.3 is 5.32 Å². The van der Waals surface area contributed by atoms with Crippen molar-refractivity contribution >= 4 is 11.6 Å². The third-order valence-corrected chi connectivity index (χ3v) is 3.51. The second-order valence-electron chi connectivity index (χ2n) is 5.42. The molecule has 1 atom stereocenters. The van der Waals surface area contributed by atoms with Gasteiger partial charge in [0.05, 0.1) is 17.8 Å². The molecule has 0 radical (unpaired) electrons. The van der Waals surface area contributed by atoms with Crippen LogP contribution in [0.1, 0.15) is 41.0 Å². The zero-order chi connectivity index (χ0) is 16.6. The average molecular weight is 327 g/mol. The molecular weight excluding hydrogens is 314 g/mol. The number of rotatable bonds is 4. The Hall–Kier alpha value is -2.38. The molecule has 1 saturated carbocycles. The van der Waals surface area contributed by atoms with Gasteiger partial charge in [0.1, 0.15) is 0 Å². The number of carbonyl (C=O) groups excluding carboxylic acids is 1. The molecule has 3 rings (SSSR count). The Kier molecular flexibility index (Phi) is 3.83. The molecule has 1 unspecified atom stereocenters. The molecule has 1 aliphatic carbocycles. The summed E-state index contributed by atoms with van der Waals surface area (Å²) in [5, 5.41) is 6.52. The first kappa shape index (κ1) is 15.5. The van der Waals surface area contributed by atoms with Crippen molar-refractivity contribution in [2.75, 3.05) is 5.32 Å². The van der Waals surface area contributed by atoms with Gasteiger partial charge in [-0.25, -0.2) is 4.39 Å². The lowest BCUT2D eigenvalue weighted by atomic mass is 10.1. The Balaban J connectivity index is 1.73. The predicted octanol–water partition coefficient (Wildman–Crippen LogP) is 4.04. The summed E-state index contributed by atoms with van der Waals surface area (Å²) in [5.41, 5.74) is -0.155. The van der Waals surface area contributed by atoms with Gasteiger partial charge >= 0.3 is 6.18 Å². The zero-order valence-corrected chi connectivity index (χ0v) is 11.8. The Morgan fingerprint density at radius 3 is 2.74 bits per heavy atom. The lowest BCUT2D eigenvalue weighted by molar-refractivity contribution is -0.182. The summed E-state index contributed by atoms with van der Waals surface area (Å²) in [6.07, 6.45) is -3.05. The van der Waals surface area contributed by atoms with Crippen LogP contribution in [0.3, 0.4) is 0 Å². The van der Waals surface area contributed by atoms with Crippen LogP contribution in [0.15, 0.2) is 36.7 Å². The minimum atomic E-state index is -4.98. The van der Waals surface area contributed by atoms with Crippen LogP contribution >= 0.6 is 0 Å². The highest BCUT2D eigenvalue weighted by molar-refractivity contribution is 6.03. The van der Waals surface area contributed by atoms with E-state index in [4.69, 9.17) is 0 Å². The Morgan fingerprint density at radius 2 is 2.09 bits per heavy atom. The first-order valence-electron chi connectivity index (χ1n) is 7.01. The number of benzene rings is 1. The molecule has 1 amide bonds. The Labute approximate surface area is 129 Å². The molecule has 1 aromatic carbocycles. The van der Waals surface area contributed by atoms with E-state index >= 15 is 0 Å². The number of amides is 1. The van der Waals surface area contributed by atoms with Crippen molar-refractivity contribution in [1.29, 1.82) is 0 Å². The van der Waals surface area contributed by atoms with Crippen LogP contribution in [-0.2, 0) is 0 Å². The van der Waals surface area contributed by atoms with Crippen molar-refractivity contribution in [1.82, 2.24) is 9.78 Å². The molecule has 1 N–H and O–H groups in total. The van der Waals surface area contributed by atoms with Gasteiger partial charge in [0, 0.05) is 11.9 Å². The summed E-state index contributed by atoms with van der Waals surface area (Å²) < 4.78 is 52.2. The third kappa shape index (κ3) is 3.52. The molecule has 0 spiro atoms. The minimum Gasteiger partial charge on any atom is -0.322 e. The highest BCUT2D eigenvalue weighted by Crippen LogP contribution is 2.36. The summed E-state index contributed by atoms with van der Waals surface area (Å²) >= 11 is 0. The van der Waals surface area contributed by atoms with Crippen molar-refractivity contribution in [3.8, 4) is 0 Å². The van der Waals surface area contributed by atoms with Gasteiger partial charge in [0.25, 0.3) is 5.91 Å². The van der Waals surface area contributed by atoms with Gasteiger partial charge in [-0.15, -0.1) is 0 Å². The van der Waals surface area contributed by atoms with Crippen molar-refractivity contribution < 1.29 is 22.4 Å². The lowest BCUT2D eigenvalue weighted by Crippen LogP contribution is -2.17. The molecule has 8 heteroatoms. The van der Waals surface area contributed by atoms with Gasteiger partial charge in [0.2, 0.25) is 6.17 Å². The van der Waals surface area contributed by atoms with Crippen molar-refractivity contribution in [2.24, 2.45) is 0 Å². The van der Waals surface area contributed by atoms with E-state index in [-0.39, 0.29) is 5.69 Å². The molecule has 0 aliphatic heterocycles. The number of anilines is 1. The van der Waals surface area contributed by atoms with E-state index in [9.17, 15) is 22.4 Å². The number of hydrogen-bond donors (Lipinski definition) is 1. The highest BCUT2D eigenvalue weighted by Gasteiger charge is 2.41. The van der Waals surface area contributed by atoms with Crippen LogP contribution in [0.5, 0.6) is 0 Å². The zero-order valence-electron chi connectivity index (χ0n) is 11.8. The van der Waals surface area contributed by atoms with Crippen molar-refractivity contribution in [3.63, 3.8) is 0 Å². The number of alkyl halides is 4. The van der Waals surface area contributed by atoms with Crippen LogP contribution in [0.4, 0.5) is 23.2 Å². The number of carbonyl (C=O) groups is 1. The monoisotopic (exact) mass is 327 g/mol. The Bertz CT molecular complexity index is 722. The second kappa shape index (κ2) is 5.68. The molecule has 122 valence electrons. The van der Waals surface area contributed by atoms with E-state index in [1.165, 1.54) is 18.3 Å². The molecule has 0 bridgehead atoms. The van der Waals surface area contributed by atoms with Crippen molar-refractivity contribution in [2.45, 2.75) is 31.2 Å². The van der Waals surface area contributed by atoms with Crippen LogP contribution < -0.4 is 5.32 Å². The standard InChI is InChI=1S/C15H13F4N3O/c16-13(15(17,18)19)9-2-1-3-11(6-9)21-14(23)10-7-20-22(8-10)12-4-5-12/h1-3,6-8,12-13H,4-5H2,(H,21,23). The smallest absolute Gasteiger partial charge is 0.322 e. The first-order valence-corrected chi connectivity index (χ1v) is 7.01. The van der Waals surface area contributed by atoms with Crippen molar-refractivity contribution in [3.05, 3.63) is 47.8 Å². The van der Waals surface area contributed by atoms with Crippen LogP contribution in [0, 0.1) is 0 Å².